The third-order valence-corrected chi connectivity index (χ3v) is 5.80. The molecule has 26 heavy (non-hydrogen) atoms. The van der Waals surface area contributed by atoms with Crippen molar-refractivity contribution in [2.75, 3.05) is 13.1 Å². The largest absolute Gasteiger partial charge is 0.317 e. The number of amides is 1. The van der Waals surface area contributed by atoms with Gasteiger partial charge in [0, 0.05) is 5.92 Å². The van der Waals surface area contributed by atoms with Crippen LogP contribution >= 0.6 is 11.3 Å². The van der Waals surface area contributed by atoms with Gasteiger partial charge < -0.3 is 9.88 Å². The number of rotatable bonds is 4. The Morgan fingerprint density at radius 1 is 1.12 bits per heavy atom. The Labute approximate surface area is 156 Å². The van der Waals surface area contributed by atoms with Crippen molar-refractivity contribution in [2.24, 2.45) is 11.0 Å². The molecule has 2 N–H and O–H groups in total. The van der Waals surface area contributed by atoms with E-state index < -0.39 is 0 Å². The third kappa shape index (κ3) is 3.71. The molecule has 5 nitrogen and oxygen atoms in total. The molecule has 1 aromatic heterocycles. The molecule has 0 unspecified atom stereocenters. The molecule has 1 amide bonds. The number of nitrogens with one attached hydrogen (secondary N) is 2. The normalized spacial score (nSPS) is 16.1. The minimum absolute atomic E-state index is 0.0233. The lowest BCUT2D eigenvalue weighted by atomic mass is 9.98. The average molecular weight is 366 g/mol. The average Bonchev–Trinajstić information content (AvgIpc) is 3.05. The highest BCUT2D eigenvalue weighted by molar-refractivity contribution is 7.16. The number of carbonyl (C=O) groups is 1. The summed E-state index contributed by atoms with van der Waals surface area (Å²) in [5.41, 5.74) is 5.15. The molecule has 1 fully saturated rings. The van der Waals surface area contributed by atoms with Crippen molar-refractivity contribution < 1.29 is 4.79 Å². The molecule has 3 aromatic rings. The molecule has 4 rings (SSSR count). The van der Waals surface area contributed by atoms with Gasteiger partial charge in [-0.15, -0.1) is 5.10 Å². The Hall–Kier alpha value is -2.44. The van der Waals surface area contributed by atoms with Crippen molar-refractivity contribution in [3.05, 3.63) is 65.0 Å². The number of piperidine rings is 1. The van der Waals surface area contributed by atoms with E-state index in [2.05, 4.69) is 44.7 Å². The fraction of sp³-hybridized carbons (Fsp3) is 0.300. The third-order valence-electron chi connectivity index (χ3n) is 4.74. The molecule has 0 saturated carbocycles. The van der Waals surface area contributed by atoms with Gasteiger partial charge in [0.1, 0.15) is 0 Å². The summed E-state index contributed by atoms with van der Waals surface area (Å²) in [5.74, 6) is 0.0761. The maximum Gasteiger partial charge on any atom is 0.243 e. The molecule has 0 atom stereocenters. The van der Waals surface area contributed by atoms with Crippen LogP contribution in [0, 0.1) is 5.92 Å². The Bertz CT molecular complexity index is 955. The first-order valence-corrected chi connectivity index (χ1v) is 9.79. The molecular formula is C20H22N4OS. The van der Waals surface area contributed by atoms with Crippen LogP contribution in [-0.2, 0) is 11.3 Å². The van der Waals surface area contributed by atoms with Gasteiger partial charge in [0.2, 0.25) is 10.7 Å². The monoisotopic (exact) mass is 366 g/mol. The van der Waals surface area contributed by atoms with Crippen LogP contribution in [0.25, 0.3) is 10.2 Å². The summed E-state index contributed by atoms with van der Waals surface area (Å²) in [5, 5.41) is 7.76. The zero-order valence-electron chi connectivity index (χ0n) is 14.5. The predicted molar refractivity (Wildman–Crippen MR) is 105 cm³/mol. The Morgan fingerprint density at radius 3 is 2.65 bits per heavy atom. The molecule has 0 bridgehead atoms. The number of para-hydroxylation sites is 1. The molecule has 1 aliphatic heterocycles. The number of thiazole rings is 1. The molecule has 0 aliphatic carbocycles. The van der Waals surface area contributed by atoms with Crippen LogP contribution in [0.5, 0.6) is 0 Å². The van der Waals surface area contributed by atoms with Gasteiger partial charge in [0.25, 0.3) is 0 Å². The van der Waals surface area contributed by atoms with E-state index in [-0.39, 0.29) is 11.8 Å². The number of hydrogen-bond acceptors (Lipinski definition) is 4. The van der Waals surface area contributed by atoms with Crippen molar-refractivity contribution in [1.29, 1.82) is 0 Å². The summed E-state index contributed by atoms with van der Waals surface area (Å²) in [4.78, 5) is 13.2. The van der Waals surface area contributed by atoms with E-state index in [1.807, 2.05) is 30.3 Å². The number of benzene rings is 2. The molecule has 0 radical (unpaired) electrons. The highest BCUT2D eigenvalue weighted by Crippen LogP contribution is 2.18. The summed E-state index contributed by atoms with van der Waals surface area (Å²) in [6.45, 7) is 2.52. The van der Waals surface area contributed by atoms with Crippen molar-refractivity contribution in [3.8, 4) is 0 Å². The number of nitrogens with zero attached hydrogens (tertiary/aromatic N) is 2. The molecule has 6 heteroatoms. The van der Waals surface area contributed by atoms with Crippen LogP contribution in [0.1, 0.15) is 18.4 Å². The summed E-state index contributed by atoms with van der Waals surface area (Å²) < 4.78 is 3.33. The maximum absolute atomic E-state index is 12.4. The van der Waals surface area contributed by atoms with Crippen LogP contribution in [0.15, 0.2) is 59.7 Å². The molecular weight excluding hydrogens is 344 g/mol. The fourth-order valence-corrected chi connectivity index (χ4v) is 4.29. The zero-order valence-corrected chi connectivity index (χ0v) is 15.3. The number of carbonyl (C=O) groups excluding carboxylic acids is 1. The smallest absolute Gasteiger partial charge is 0.243 e. The first-order valence-electron chi connectivity index (χ1n) is 8.98. The van der Waals surface area contributed by atoms with Crippen LogP contribution in [0.4, 0.5) is 0 Å². The van der Waals surface area contributed by atoms with Gasteiger partial charge in [-0.25, -0.2) is 5.43 Å². The van der Waals surface area contributed by atoms with Gasteiger partial charge >= 0.3 is 0 Å². The SMILES string of the molecule is O=C(N/N=c1\sc2ccccc2n1Cc1ccccc1)C1CCNCC1. The predicted octanol–water partition coefficient (Wildman–Crippen LogP) is 2.68. The van der Waals surface area contributed by atoms with Gasteiger partial charge in [0.15, 0.2) is 0 Å². The number of fused-ring (bicyclic) bond motifs is 1. The summed E-state index contributed by atoms with van der Waals surface area (Å²) in [6, 6.07) is 18.6. The van der Waals surface area contributed by atoms with E-state index in [1.165, 1.54) is 10.3 Å². The Balaban J connectivity index is 1.65. The van der Waals surface area contributed by atoms with Crippen molar-refractivity contribution in [3.63, 3.8) is 0 Å². The van der Waals surface area contributed by atoms with Gasteiger partial charge in [-0.05, 0) is 43.6 Å². The lowest BCUT2D eigenvalue weighted by Gasteiger charge is -2.20. The lowest BCUT2D eigenvalue weighted by molar-refractivity contribution is -0.125. The highest BCUT2D eigenvalue weighted by Gasteiger charge is 2.20. The minimum Gasteiger partial charge on any atom is -0.317 e. The second-order valence-corrected chi connectivity index (χ2v) is 7.55. The van der Waals surface area contributed by atoms with Gasteiger partial charge in [-0.1, -0.05) is 53.8 Å². The second kappa shape index (κ2) is 7.85. The molecule has 1 saturated heterocycles. The van der Waals surface area contributed by atoms with E-state index in [0.717, 1.165) is 42.8 Å². The number of aromatic nitrogens is 1. The molecule has 1 aliphatic rings. The van der Waals surface area contributed by atoms with Crippen LogP contribution in [0.2, 0.25) is 0 Å². The summed E-state index contributed by atoms with van der Waals surface area (Å²) >= 11 is 1.60. The first-order chi connectivity index (χ1) is 12.8. The molecule has 0 spiro atoms. The van der Waals surface area contributed by atoms with E-state index in [4.69, 9.17) is 0 Å². The van der Waals surface area contributed by atoms with Gasteiger partial charge in [0.05, 0.1) is 16.8 Å². The van der Waals surface area contributed by atoms with Crippen molar-refractivity contribution in [2.45, 2.75) is 19.4 Å². The standard InChI is InChI=1S/C20H22N4OS/c25-19(16-10-12-21-13-11-16)22-23-20-24(14-15-6-2-1-3-7-15)17-8-4-5-9-18(17)26-20/h1-9,16,21H,10-14H2,(H,22,25)/b23-20-. The lowest BCUT2D eigenvalue weighted by Crippen LogP contribution is -2.37. The zero-order chi connectivity index (χ0) is 17.8. The van der Waals surface area contributed by atoms with Crippen LogP contribution in [0.3, 0.4) is 0 Å². The Kier molecular flexibility index (Phi) is 5.13. The quantitative estimate of drug-likeness (QED) is 0.698. The number of hydrogen-bond donors (Lipinski definition) is 2. The van der Waals surface area contributed by atoms with Crippen LogP contribution < -0.4 is 15.5 Å². The van der Waals surface area contributed by atoms with Crippen molar-refractivity contribution >= 4 is 27.5 Å². The topological polar surface area (TPSA) is 58.4 Å². The molecule has 2 heterocycles. The molecule has 2 aromatic carbocycles. The van der Waals surface area contributed by atoms with E-state index in [9.17, 15) is 4.79 Å². The first kappa shape index (κ1) is 17.0. The van der Waals surface area contributed by atoms with E-state index in [0.29, 0.717) is 0 Å². The summed E-state index contributed by atoms with van der Waals surface area (Å²) in [7, 11) is 0. The summed E-state index contributed by atoms with van der Waals surface area (Å²) in [6.07, 6.45) is 1.75. The van der Waals surface area contributed by atoms with E-state index >= 15 is 0 Å². The van der Waals surface area contributed by atoms with Gasteiger partial charge in [-0.3, -0.25) is 4.79 Å². The van der Waals surface area contributed by atoms with Gasteiger partial charge in [-0.2, -0.15) is 0 Å². The highest BCUT2D eigenvalue weighted by atomic mass is 32.1. The maximum atomic E-state index is 12.4. The van der Waals surface area contributed by atoms with Crippen LogP contribution in [-0.4, -0.2) is 23.6 Å². The second-order valence-electron chi connectivity index (χ2n) is 6.54. The fourth-order valence-electron chi connectivity index (χ4n) is 3.30. The minimum atomic E-state index is 0.0233. The Morgan fingerprint density at radius 2 is 1.85 bits per heavy atom. The molecule has 134 valence electrons. The van der Waals surface area contributed by atoms with Crippen molar-refractivity contribution in [1.82, 2.24) is 15.3 Å². The van der Waals surface area contributed by atoms with E-state index in [1.54, 1.807) is 11.3 Å².